The Kier molecular flexibility index (Phi) is 5.02. The molecule has 2 aliphatic rings. The summed E-state index contributed by atoms with van der Waals surface area (Å²) in [7, 11) is 1.45. The van der Waals surface area contributed by atoms with Gasteiger partial charge in [-0.15, -0.1) is 0 Å². The Morgan fingerprint density at radius 1 is 1.06 bits per heavy atom. The predicted octanol–water partition coefficient (Wildman–Crippen LogP) is 5.96. The van der Waals surface area contributed by atoms with Crippen molar-refractivity contribution in [2.24, 2.45) is 5.73 Å². The molecule has 0 saturated heterocycles. The van der Waals surface area contributed by atoms with Gasteiger partial charge in [-0.3, -0.25) is 0 Å². The maximum absolute atomic E-state index is 12.4. The molecule has 33 heavy (non-hydrogen) atoms. The molecule has 0 radical (unpaired) electrons. The molecule has 2 N–H and O–H groups in total. The molecular weight excluding hydrogens is 410 g/mol. The normalized spacial score (nSPS) is 16.5. The van der Waals surface area contributed by atoms with Gasteiger partial charge in [0.1, 0.15) is 0 Å². The zero-order valence-electron chi connectivity index (χ0n) is 19.3. The summed E-state index contributed by atoms with van der Waals surface area (Å²) in [5, 5.41) is 2.55. The Hall–Kier alpha value is -3.05. The number of nitrogens with zero attached hydrogens (tertiary/aromatic N) is 2. The average Bonchev–Trinajstić information content (AvgIpc) is 3.38. The molecule has 5 heteroatoms. The molecule has 0 unspecified atom stereocenters. The van der Waals surface area contributed by atoms with Crippen molar-refractivity contribution < 1.29 is 9.53 Å². The van der Waals surface area contributed by atoms with Crippen LogP contribution < -0.4 is 5.73 Å². The maximum atomic E-state index is 12.4. The van der Waals surface area contributed by atoms with Crippen molar-refractivity contribution in [3.8, 4) is 11.3 Å². The van der Waals surface area contributed by atoms with Crippen molar-refractivity contribution in [1.82, 2.24) is 9.13 Å². The molecule has 5 nitrogen and oxygen atoms in total. The number of esters is 1. The lowest BCUT2D eigenvalue weighted by Gasteiger charge is -2.25. The largest absolute Gasteiger partial charge is 0.465 e. The number of carbonyl (C=O) groups is 1. The van der Waals surface area contributed by atoms with Gasteiger partial charge in [-0.25, -0.2) is 4.79 Å². The topological polar surface area (TPSA) is 62.2 Å². The van der Waals surface area contributed by atoms with E-state index in [-0.39, 0.29) is 5.97 Å². The van der Waals surface area contributed by atoms with E-state index in [9.17, 15) is 4.79 Å². The highest BCUT2D eigenvalue weighted by Crippen LogP contribution is 2.46. The molecule has 1 saturated carbocycles. The lowest BCUT2D eigenvalue weighted by molar-refractivity contribution is 0.0601. The number of methoxy groups -OCH3 is 1. The minimum atomic E-state index is -0.277. The smallest absolute Gasteiger partial charge is 0.337 e. The van der Waals surface area contributed by atoms with Crippen LogP contribution in [0.2, 0.25) is 0 Å². The molecule has 1 aliphatic carbocycles. The van der Waals surface area contributed by atoms with Gasteiger partial charge in [0.2, 0.25) is 0 Å². The van der Waals surface area contributed by atoms with Crippen molar-refractivity contribution in [2.45, 2.75) is 64.1 Å². The van der Waals surface area contributed by atoms with E-state index in [0.29, 0.717) is 18.0 Å². The number of rotatable bonds is 3. The van der Waals surface area contributed by atoms with E-state index < -0.39 is 0 Å². The van der Waals surface area contributed by atoms with Crippen molar-refractivity contribution >= 4 is 27.8 Å². The summed E-state index contributed by atoms with van der Waals surface area (Å²) < 4.78 is 9.94. The molecule has 2 aromatic heterocycles. The Balaban J connectivity index is 1.71. The Morgan fingerprint density at radius 2 is 1.91 bits per heavy atom. The number of ether oxygens (including phenoxy) is 1. The molecule has 0 amide bonds. The molecule has 1 aliphatic heterocycles. The fourth-order valence-corrected chi connectivity index (χ4v) is 6.31. The van der Waals surface area contributed by atoms with Crippen LogP contribution in [0.25, 0.3) is 33.1 Å². The molecule has 0 bridgehead atoms. The minimum absolute atomic E-state index is 0.277. The van der Waals surface area contributed by atoms with Gasteiger partial charge in [-0.1, -0.05) is 43.5 Å². The average molecular weight is 442 g/mol. The predicted molar refractivity (Wildman–Crippen MR) is 133 cm³/mol. The summed E-state index contributed by atoms with van der Waals surface area (Å²) in [6, 6.07) is 12.8. The molecule has 1 fully saturated rings. The number of aryl methyl sites for hydroxylation is 2. The SMILES string of the molecule is COC(=O)c1ccc2c(C3CCCCC3)c3n(c2c1)CCCn1cc(CN)c2cccc-3c21. The quantitative estimate of drug-likeness (QED) is 0.399. The van der Waals surface area contributed by atoms with Crippen LogP contribution >= 0.6 is 0 Å². The third-order valence-electron chi connectivity index (χ3n) is 7.77. The summed E-state index contributed by atoms with van der Waals surface area (Å²) in [6.07, 6.45) is 9.65. The third-order valence-corrected chi connectivity index (χ3v) is 7.77. The first-order valence-electron chi connectivity index (χ1n) is 12.3. The van der Waals surface area contributed by atoms with E-state index in [2.05, 4.69) is 39.6 Å². The van der Waals surface area contributed by atoms with E-state index in [1.807, 2.05) is 12.1 Å². The molecular formula is C28H31N3O2. The monoisotopic (exact) mass is 441 g/mol. The number of carbonyl (C=O) groups excluding carboxylic acids is 1. The second-order valence-electron chi connectivity index (χ2n) is 9.58. The number of hydrogen-bond donors (Lipinski definition) is 1. The first-order chi connectivity index (χ1) is 16.2. The zero-order chi connectivity index (χ0) is 22.5. The number of nitrogens with two attached hydrogens (primary N) is 1. The Morgan fingerprint density at radius 3 is 2.70 bits per heavy atom. The summed E-state index contributed by atoms with van der Waals surface area (Å²) >= 11 is 0. The summed E-state index contributed by atoms with van der Waals surface area (Å²) in [6.45, 7) is 2.44. The van der Waals surface area contributed by atoms with Crippen LogP contribution in [0.15, 0.2) is 42.6 Å². The maximum Gasteiger partial charge on any atom is 0.337 e. The fraction of sp³-hybridized carbons (Fsp3) is 0.393. The summed E-state index contributed by atoms with van der Waals surface area (Å²) in [5.41, 5.74) is 14.5. The van der Waals surface area contributed by atoms with E-state index in [1.54, 1.807) is 0 Å². The third kappa shape index (κ3) is 3.13. The van der Waals surface area contributed by atoms with Gasteiger partial charge in [-0.2, -0.15) is 0 Å². The van der Waals surface area contributed by atoms with Crippen LogP contribution in [0.4, 0.5) is 0 Å². The number of benzene rings is 2. The van der Waals surface area contributed by atoms with Crippen molar-refractivity contribution in [2.75, 3.05) is 7.11 Å². The Labute approximate surface area is 194 Å². The standard InChI is InChI=1S/C28H31N3O2/c1-33-28(32)19-11-12-22-24(15-19)31-14-6-13-30-17-20(16-29)21-9-5-10-23(26(21)30)27(31)25(22)18-7-3-2-4-8-18/h5,9-12,15,17-18H,2-4,6-8,13-14,16,29H2,1H3. The van der Waals surface area contributed by atoms with Crippen LogP contribution in [0, 0.1) is 0 Å². The van der Waals surface area contributed by atoms with Gasteiger partial charge in [0.25, 0.3) is 0 Å². The van der Waals surface area contributed by atoms with E-state index in [1.165, 1.54) is 77.9 Å². The van der Waals surface area contributed by atoms with Crippen LogP contribution in [0.5, 0.6) is 0 Å². The fourth-order valence-electron chi connectivity index (χ4n) is 6.31. The number of fused-ring (bicyclic) bond motifs is 4. The van der Waals surface area contributed by atoms with Gasteiger partial charge >= 0.3 is 5.97 Å². The molecule has 4 aromatic rings. The Bertz CT molecular complexity index is 1370. The van der Waals surface area contributed by atoms with Crippen LogP contribution in [-0.2, 0) is 24.4 Å². The molecule has 170 valence electrons. The van der Waals surface area contributed by atoms with Crippen molar-refractivity contribution in [3.63, 3.8) is 0 Å². The zero-order valence-corrected chi connectivity index (χ0v) is 19.3. The van der Waals surface area contributed by atoms with Gasteiger partial charge in [-0.05, 0) is 48.4 Å². The highest BCUT2D eigenvalue weighted by molar-refractivity contribution is 6.03. The number of hydrogen-bond acceptors (Lipinski definition) is 3. The number of aromatic nitrogens is 2. The molecule has 3 heterocycles. The van der Waals surface area contributed by atoms with Gasteiger partial charge in [0, 0.05) is 47.7 Å². The van der Waals surface area contributed by atoms with Gasteiger partial charge < -0.3 is 19.6 Å². The van der Waals surface area contributed by atoms with E-state index >= 15 is 0 Å². The minimum Gasteiger partial charge on any atom is -0.465 e. The summed E-state index contributed by atoms with van der Waals surface area (Å²) in [4.78, 5) is 12.4. The van der Waals surface area contributed by atoms with Crippen LogP contribution in [-0.4, -0.2) is 22.2 Å². The van der Waals surface area contributed by atoms with Gasteiger partial charge in [0.05, 0.1) is 23.9 Å². The lowest BCUT2D eigenvalue weighted by atomic mass is 9.81. The van der Waals surface area contributed by atoms with Crippen molar-refractivity contribution in [1.29, 1.82) is 0 Å². The first kappa shape index (κ1) is 20.5. The molecule has 0 spiro atoms. The number of para-hydroxylation sites is 1. The van der Waals surface area contributed by atoms with E-state index in [0.717, 1.165) is 25.0 Å². The first-order valence-corrected chi connectivity index (χ1v) is 12.3. The second-order valence-corrected chi connectivity index (χ2v) is 9.58. The van der Waals surface area contributed by atoms with Crippen LogP contribution in [0.3, 0.4) is 0 Å². The second kappa shape index (κ2) is 8.07. The highest BCUT2D eigenvalue weighted by atomic mass is 16.5. The van der Waals surface area contributed by atoms with Crippen molar-refractivity contribution in [3.05, 3.63) is 59.3 Å². The molecule has 0 atom stereocenters. The van der Waals surface area contributed by atoms with E-state index in [4.69, 9.17) is 10.5 Å². The molecule has 2 aromatic carbocycles. The summed E-state index contributed by atoms with van der Waals surface area (Å²) in [5.74, 6) is 0.273. The lowest BCUT2D eigenvalue weighted by Crippen LogP contribution is -2.11. The van der Waals surface area contributed by atoms with Crippen LogP contribution in [0.1, 0.15) is 65.9 Å². The van der Waals surface area contributed by atoms with Gasteiger partial charge in [0.15, 0.2) is 0 Å². The highest BCUT2D eigenvalue weighted by Gasteiger charge is 2.29. The molecule has 6 rings (SSSR count).